The maximum atomic E-state index is 14.2. The van der Waals surface area contributed by atoms with E-state index in [1.54, 1.807) is 17.3 Å². The quantitative estimate of drug-likeness (QED) is 0.615. The first-order valence-corrected chi connectivity index (χ1v) is 11.1. The summed E-state index contributed by atoms with van der Waals surface area (Å²) in [6.45, 7) is -0.141. The minimum atomic E-state index is -1.50. The molecule has 3 N–H and O–H groups in total. The number of amides is 1. The second kappa shape index (κ2) is 7.11. The number of hydrogen-bond acceptors (Lipinski definition) is 8. The number of nitrogens with zero attached hydrogens (tertiary/aromatic N) is 4. The first-order chi connectivity index (χ1) is 15.5. The number of hydrogen-bond donors (Lipinski definition) is 3. The number of aromatic nitrogens is 4. The molecular weight excluding hydrogens is 419 g/mol. The Labute approximate surface area is 183 Å². The Kier molecular flexibility index (Phi) is 4.41. The first kappa shape index (κ1) is 19.9. The minimum Gasteiger partial charge on any atom is -0.472 e. The van der Waals surface area contributed by atoms with Crippen molar-refractivity contribution < 1.29 is 23.8 Å². The molecule has 2 saturated carbocycles. The summed E-state index contributed by atoms with van der Waals surface area (Å²) in [4.78, 5) is 24.2. The molecule has 2 aliphatic heterocycles. The van der Waals surface area contributed by atoms with Crippen molar-refractivity contribution in [3.8, 4) is 5.88 Å². The van der Waals surface area contributed by atoms with Gasteiger partial charge in [0.25, 0.3) is 5.88 Å². The van der Waals surface area contributed by atoms with Crippen LogP contribution < -0.4 is 15.0 Å². The summed E-state index contributed by atoms with van der Waals surface area (Å²) in [5.41, 5.74) is -0.662. The highest BCUT2D eigenvalue weighted by atomic mass is 19.1. The van der Waals surface area contributed by atoms with Gasteiger partial charge < -0.3 is 19.9 Å². The predicted octanol–water partition coefficient (Wildman–Crippen LogP) is 1.74. The van der Waals surface area contributed by atoms with Crippen molar-refractivity contribution in [1.82, 2.24) is 20.2 Å². The lowest BCUT2D eigenvalue weighted by Crippen LogP contribution is -2.50. The molecule has 4 heterocycles. The third kappa shape index (κ3) is 3.14. The van der Waals surface area contributed by atoms with Crippen LogP contribution in [0.25, 0.3) is 0 Å². The number of alkyl halides is 1. The van der Waals surface area contributed by atoms with E-state index < -0.39 is 17.2 Å². The summed E-state index contributed by atoms with van der Waals surface area (Å²) in [5, 5.41) is 20.0. The van der Waals surface area contributed by atoms with Crippen molar-refractivity contribution in [2.75, 3.05) is 30.0 Å². The van der Waals surface area contributed by atoms with Crippen molar-refractivity contribution in [3.05, 3.63) is 18.0 Å². The van der Waals surface area contributed by atoms with E-state index in [4.69, 9.17) is 9.47 Å². The summed E-state index contributed by atoms with van der Waals surface area (Å²) < 4.78 is 24.6. The molecule has 2 aromatic rings. The zero-order chi connectivity index (χ0) is 21.9. The molecule has 2 atom stereocenters. The maximum absolute atomic E-state index is 14.2. The smallest absolute Gasteiger partial charge is 0.256 e. The number of nitrogens with one attached hydrogen (secondary N) is 2. The molecule has 10 nitrogen and oxygen atoms in total. The molecule has 1 amide bonds. The molecule has 1 saturated heterocycles. The fourth-order valence-electron chi connectivity index (χ4n) is 4.92. The molecule has 0 radical (unpaired) electrons. The molecule has 11 heteroatoms. The van der Waals surface area contributed by atoms with Crippen LogP contribution in [-0.4, -0.2) is 68.8 Å². The lowest BCUT2D eigenvalue weighted by atomic mass is 9.92. The number of carbonyl (C=O) groups excluding carboxylic acids is 1. The fraction of sp³-hybridized carbons (Fsp3) is 0.619. The third-order valence-electron chi connectivity index (χ3n) is 6.92. The molecule has 0 aromatic carbocycles. The van der Waals surface area contributed by atoms with Crippen LogP contribution in [0.15, 0.2) is 12.4 Å². The van der Waals surface area contributed by atoms with E-state index in [0.717, 1.165) is 37.7 Å². The van der Waals surface area contributed by atoms with Crippen LogP contribution in [0.4, 0.5) is 21.8 Å². The SMILES string of the molecule is O=C1N([C@@H]2CCC[C@@H](O)C2)c2nc(Nc3c[nH]nc3OCC3(F)COC3)ncc2C12CC2. The highest BCUT2D eigenvalue weighted by Gasteiger charge is 2.61. The average Bonchev–Trinajstić information content (AvgIpc) is 3.38. The van der Waals surface area contributed by atoms with Gasteiger partial charge in [0.2, 0.25) is 11.9 Å². The van der Waals surface area contributed by atoms with Crippen LogP contribution in [0.2, 0.25) is 0 Å². The van der Waals surface area contributed by atoms with E-state index in [-0.39, 0.29) is 37.6 Å². The van der Waals surface area contributed by atoms with Gasteiger partial charge in [0.05, 0.1) is 24.7 Å². The van der Waals surface area contributed by atoms with E-state index in [1.165, 1.54) is 0 Å². The Morgan fingerprint density at radius 1 is 1.38 bits per heavy atom. The molecule has 1 spiro atoms. The second-order valence-electron chi connectivity index (χ2n) is 9.32. The molecule has 170 valence electrons. The molecular formula is C21H25FN6O4. The van der Waals surface area contributed by atoms with E-state index in [2.05, 4.69) is 25.5 Å². The Hall–Kier alpha value is -2.79. The largest absolute Gasteiger partial charge is 0.472 e. The number of aliphatic hydroxyl groups excluding tert-OH is 1. The van der Waals surface area contributed by atoms with Crippen molar-refractivity contribution >= 4 is 23.4 Å². The van der Waals surface area contributed by atoms with E-state index in [1.807, 2.05) is 0 Å². The van der Waals surface area contributed by atoms with Gasteiger partial charge in [0.15, 0.2) is 5.67 Å². The van der Waals surface area contributed by atoms with Gasteiger partial charge in [-0.3, -0.25) is 14.8 Å². The van der Waals surface area contributed by atoms with Crippen molar-refractivity contribution in [3.63, 3.8) is 0 Å². The Morgan fingerprint density at radius 2 is 2.22 bits per heavy atom. The molecule has 6 rings (SSSR count). The second-order valence-corrected chi connectivity index (χ2v) is 9.32. The number of carbonyl (C=O) groups is 1. The maximum Gasteiger partial charge on any atom is 0.256 e. The number of anilines is 3. The number of halogens is 1. The van der Waals surface area contributed by atoms with Crippen molar-refractivity contribution in [2.24, 2.45) is 0 Å². The Morgan fingerprint density at radius 3 is 2.94 bits per heavy atom. The van der Waals surface area contributed by atoms with Crippen LogP contribution in [0.3, 0.4) is 0 Å². The van der Waals surface area contributed by atoms with Crippen LogP contribution in [0.1, 0.15) is 44.1 Å². The van der Waals surface area contributed by atoms with Gasteiger partial charge in [0.1, 0.15) is 18.1 Å². The van der Waals surface area contributed by atoms with E-state index >= 15 is 0 Å². The molecule has 3 fully saturated rings. The first-order valence-electron chi connectivity index (χ1n) is 11.1. The molecule has 2 aliphatic carbocycles. The minimum absolute atomic E-state index is 0.00952. The standard InChI is InChI=1S/C21H25FN6O4/c22-20(9-31-10-20)11-32-17-15(8-24-27-17)25-19-23-7-14-16(26-19)28(18(30)21(14)4-5-21)12-2-1-3-13(29)6-12/h7-8,12-13,29H,1-6,9-11H2,(H,24,27)(H,23,25,26)/t12-,13-/m1/s1. The summed E-state index contributed by atoms with van der Waals surface area (Å²) in [5.74, 6) is 1.19. The molecule has 4 aliphatic rings. The monoisotopic (exact) mass is 444 g/mol. The lowest BCUT2D eigenvalue weighted by molar-refractivity contribution is -0.146. The van der Waals surface area contributed by atoms with E-state index in [9.17, 15) is 14.3 Å². The van der Waals surface area contributed by atoms with Crippen LogP contribution in [0, 0.1) is 0 Å². The normalized spacial score (nSPS) is 27.2. The van der Waals surface area contributed by atoms with Gasteiger partial charge >= 0.3 is 0 Å². The fourth-order valence-corrected chi connectivity index (χ4v) is 4.92. The van der Waals surface area contributed by atoms with Gasteiger partial charge in [-0.05, 0) is 38.5 Å². The summed E-state index contributed by atoms with van der Waals surface area (Å²) in [6.07, 6.45) is 7.56. The van der Waals surface area contributed by atoms with Gasteiger partial charge in [-0.1, -0.05) is 0 Å². The van der Waals surface area contributed by atoms with Gasteiger partial charge in [0, 0.05) is 24.0 Å². The summed E-state index contributed by atoms with van der Waals surface area (Å²) >= 11 is 0. The van der Waals surface area contributed by atoms with E-state index in [0.29, 0.717) is 23.9 Å². The number of rotatable bonds is 6. The molecule has 2 aromatic heterocycles. The number of fused-ring (bicyclic) bond motifs is 2. The summed E-state index contributed by atoms with van der Waals surface area (Å²) in [7, 11) is 0. The average molecular weight is 444 g/mol. The third-order valence-corrected chi connectivity index (χ3v) is 6.92. The predicted molar refractivity (Wildman–Crippen MR) is 111 cm³/mol. The highest BCUT2D eigenvalue weighted by molar-refractivity contribution is 6.09. The van der Waals surface area contributed by atoms with Crippen LogP contribution in [-0.2, 0) is 14.9 Å². The Balaban J connectivity index is 1.25. The van der Waals surface area contributed by atoms with Gasteiger partial charge in [-0.2, -0.15) is 4.98 Å². The van der Waals surface area contributed by atoms with Crippen LogP contribution >= 0.6 is 0 Å². The zero-order valence-electron chi connectivity index (χ0n) is 17.5. The number of ether oxygens (including phenoxy) is 2. The highest BCUT2D eigenvalue weighted by Crippen LogP contribution is 2.57. The number of aromatic amines is 1. The summed E-state index contributed by atoms with van der Waals surface area (Å²) in [6, 6.07) is -0.0639. The number of H-pyrrole nitrogens is 1. The van der Waals surface area contributed by atoms with Crippen molar-refractivity contribution in [1.29, 1.82) is 0 Å². The Bertz CT molecular complexity index is 1050. The van der Waals surface area contributed by atoms with Gasteiger partial charge in [-0.15, -0.1) is 5.10 Å². The zero-order valence-corrected chi connectivity index (χ0v) is 17.5. The van der Waals surface area contributed by atoms with Crippen LogP contribution in [0.5, 0.6) is 5.88 Å². The topological polar surface area (TPSA) is 125 Å². The number of aliphatic hydroxyl groups is 1. The molecule has 0 bridgehead atoms. The molecule has 32 heavy (non-hydrogen) atoms. The van der Waals surface area contributed by atoms with Crippen molar-refractivity contribution in [2.45, 2.75) is 61.8 Å². The van der Waals surface area contributed by atoms with Gasteiger partial charge in [-0.25, -0.2) is 9.37 Å². The lowest BCUT2D eigenvalue weighted by Gasteiger charge is -2.33. The molecule has 0 unspecified atom stereocenters.